The number of aliphatic carboxylic acids is 1. The van der Waals surface area contributed by atoms with Crippen LogP contribution in [0, 0.1) is 5.92 Å². The number of carboxylic acids is 1. The van der Waals surface area contributed by atoms with E-state index in [1.54, 1.807) is 36.4 Å². The van der Waals surface area contributed by atoms with Gasteiger partial charge in [0.25, 0.3) is 5.91 Å². The molecule has 140 valence electrons. The van der Waals surface area contributed by atoms with Crippen LogP contribution in [0.3, 0.4) is 0 Å². The van der Waals surface area contributed by atoms with Crippen molar-refractivity contribution in [3.05, 3.63) is 60.2 Å². The molecule has 2 atom stereocenters. The summed E-state index contributed by atoms with van der Waals surface area (Å²) in [5.74, 6) is -1.72. The molecule has 0 bridgehead atoms. The van der Waals surface area contributed by atoms with Gasteiger partial charge >= 0.3 is 12.0 Å². The van der Waals surface area contributed by atoms with Gasteiger partial charge in [0, 0.05) is 23.0 Å². The summed E-state index contributed by atoms with van der Waals surface area (Å²) in [6, 6.07) is 14.8. The number of hydrogen-bond donors (Lipinski definition) is 4. The van der Waals surface area contributed by atoms with Gasteiger partial charge in [-0.05, 0) is 49.2 Å². The molecule has 0 heterocycles. The Hall–Kier alpha value is -3.35. The van der Waals surface area contributed by atoms with Crippen LogP contribution in [0.25, 0.3) is 0 Å². The van der Waals surface area contributed by atoms with Gasteiger partial charge in [-0.25, -0.2) is 4.79 Å². The highest BCUT2D eigenvalue weighted by atomic mass is 16.4. The molecular formula is C20H21N3O4. The minimum Gasteiger partial charge on any atom is -0.481 e. The number of benzene rings is 2. The van der Waals surface area contributed by atoms with Crippen molar-refractivity contribution in [2.75, 3.05) is 10.6 Å². The van der Waals surface area contributed by atoms with Crippen LogP contribution in [0.2, 0.25) is 0 Å². The van der Waals surface area contributed by atoms with Crippen LogP contribution in [0.15, 0.2) is 54.6 Å². The lowest BCUT2D eigenvalue weighted by molar-refractivity contribution is -0.142. The molecule has 1 aliphatic carbocycles. The second kappa shape index (κ2) is 8.35. The Morgan fingerprint density at radius 1 is 0.852 bits per heavy atom. The van der Waals surface area contributed by atoms with Crippen molar-refractivity contribution in [2.45, 2.75) is 25.3 Å². The van der Waals surface area contributed by atoms with Gasteiger partial charge in [-0.15, -0.1) is 0 Å². The zero-order chi connectivity index (χ0) is 19.2. The van der Waals surface area contributed by atoms with E-state index in [9.17, 15) is 19.5 Å². The number of rotatable bonds is 5. The quantitative estimate of drug-likeness (QED) is 0.650. The molecule has 3 rings (SSSR count). The van der Waals surface area contributed by atoms with Crippen molar-refractivity contribution in [1.29, 1.82) is 0 Å². The summed E-state index contributed by atoms with van der Waals surface area (Å²) in [5, 5.41) is 17.4. The number of carbonyl (C=O) groups is 3. The van der Waals surface area contributed by atoms with Crippen molar-refractivity contribution >= 4 is 29.3 Å². The Morgan fingerprint density at radius 2 is 1.48 bits per heavy atom. The molecule has 7 nitrogen and oxygen atoms in total. The number of urea groups is 1. The average molecular weight is 367 g/mol. The summed E-state index contributed by atoms with van der Waals surface area (Å²) in [7, 11) is 0. The van der Waals surface area contributed by atoms with Crippen molar-refractivity contribution in [3.8, 4) is 0 Å². The molecule has 0 radical (unpaired) electrons. The monoisotopic (exact) mass is 367 g/mol. The molecule has 1 saturated carbocycles. The van der Waals surface area contributed by atoms with Gasteiger partial charge in [0.05, 0.1) is 5.92 Å². The second-order valence-corrected chi connectivity index (χ2v) is 6.48. The highest BCUT2D eigenvalue weighted by molar-refractivity contribution is 6.00. The fourth-order valence-electron chi connectivity index (χ4n) is 3.20. The minimum atomic E-state index is -0.873. The van der Waals surface area contributed by atoms with E-state index in [0.29, 0.717) is 29.8 Å². The zero-order valence-electron chi connectivity index (χ0n) is 14.6. The SMILES string of the molecule is O=C(Nc1ccccc1)Nc1ccc(C(=O)N[C@H]2CCC[C@H]2C(=O)O)cc1. The largest absolute Gasteiger partial charge is 0.481 e. The average Bonchev–Trinajstić information content (AvgIpc) is 3.11. The minimum absolute atomic E-state index is 0.312. The maximum Gasteiger partial charge on any atom is 0.323 e. The molecule has 0 unspecified atom stereocenters. The lowest BCUT2D eigenvalue weighted by atomic mass is 10.0. The van der Waals surface area contributed by atoms with Crippen LogP contribution in [-0.2, 0) is 4.79 Å². The summed E-state index contributed by atoms with van der Waals surface area (Å²) in [5.41, 5.74) is 1.64. The Morgan fingerprint density at radius 3 is 2.11 bits per heavy atom. The lowest BCUT2D eigenvalue weighted by Gasteiger charge is -2.17. The topological polar surface area (TPSA) is 108 Å². The van der Waals surface area contributed by atoms with Crippen molar-refractivity contribution in [3.63, 3.8) is 0 Å². The van der Waals surface area contributed by atoms with Gasteiger partial charge in [-0.1, -0.05) is 24.6 Å². The maximum atomic E-state index is 12.3. The summed E-state index contributed by atoms with van der Waals surface area (Å²) in [6.45, 7) is 0. The number of para-hydroxylation sites is 1. The molecule has 1 aliphatic rings. The van der Waals surface area contributed by atoms with Crippen LogP contribution in [0.5, 0.6) is 0 Å². The Kier molecular flexibility index (Phi) is 5.71. The van der Waals surface area contributed by atoms with Crippen LogP contribution < -0.4 is 16.0 Å². The number of carboxylic acid groups (broad SMARTS) is 1. The smallest absolute Gasteiger partial charge is 0.323 e. The first-order valence-corrected chi connectivity index (χ1v) is 8.80. The molecule has 0 aliphatic heterocycles. The third-order valence-corrected chi connectivity index (χ3v) is 4.59. The van der Waals surface area contributed by atoms with E-state index in [1.807, 2.05) is 18.2 Å². The van der Waals surface area contributed by atoms with E-state index >= 15 is 0 Å². The summed E-state index contributed by atoms with van der Waals surface area (Å²) in [4.78, 5) is 35.5. The summed E-state index contributed by atoms with van der Waals surface area (Å²) >= 11 is 0. The van der Waals surface area contributed by atoms with Crippen LogP contribution in [0.4, 0.5) is 16.2 Å². The van der Waals surface area contributed by atoms with E-state index < -0.39 is 11.9 Å². The Balaban J connectivity index is 1.55. The van der Waals surface area contributed by atoms with E-state index in [2.05, 4.69) is 16.0 Å². The molecule has 3 amide bonds. The molecule has 7 heteroatoms. The van der Waals surface area contributed by atoms with Gasteiger partial charge in [0.15, 0.2) is 0 Å². The fourth-order valence-corrected chi connectivity index (χ4v) is 3.20. The van der Waals surface area contributed by atoms with Gasteiger partial charge in [-0.2, -0.15) is 0 Å². The number of hydrogen-bond acceptors (Lipinski definition) is 3. The highest BCUT2D eigenvalue weighted by Gasteiger charge is 2.33. The van der Waals surface area contributed by atoms with Crippen LogP contribution >= 0.6 is 0 Å². The first-order chi connectivity index (χ1) is 13.0. The zero-order valence-corrected chi connectivity index (χ0v) is 14.6. The third-order valence-electron chi connectivity index (χ3n) is 4.59. The number of amides is 3. The van der Waals surface area contributed by atoms with Crippen LogP contribution in [0.1, 0.15) is 29.6 Å². The van der Waals surface area contributed by atoms with E-state index in [0.717, 1.165) is 6.42 Å². The normalized spacial score (nSPS) is 18.5. The standard InChI is InChI=1S/C20H21N3O4/c24-18(23-17-8-4-7-16(17)19(25)26)13-9-11-15(12-10-13)22-20(27)21-14-5-2-1-3-6-14/h1-3,5-6,9-12,16-17H,4,7-8H2,(H,23,24)(H,25,26)(H2,21,22,27)/t16-,17+/m1/s1. The maximum absolute atomic E-state index is 12.3. The highest BCUT2D eigenvalue weighted by Crippen LogP contribution is 2.26. The first-order valence-electron chi connectivity index (χ1n) is 8.80. The molecule has 0 aromatic heterocycles. The van der Waals surface area contributed by atoms with Gasteiger partial charge in [0.2, 0.25) is 0 Å². The fraction of sp³-hybridized carbons (Fsp3) is 0.250. The predicted molar refractivity (Wildman–Crippen MR) is 102 cm³/mol. The molecular weight excluding hydrogens is 346 g/mol. The predicted octanol–water partition coefficient (Wildman–Crippen LogP) is 3.31. The summed E-state index contributed by atoms with van der Waals surface area (Å²) in [6.07, 6.45) is 2.04. The molecule has 4 N–H and O–H groups in total. The number of nitrogens with one attached hydrogen (secondary N) is 3. The number of anilines is 2. The van der Waals surface area contributed by atoms with Gasteiger partial charge in [-0.3, -0.25) is 9.59 Å². The van der Waals surface area contributed by atoms with Crippen molar-refractivity contribution < 1.29 is 19.5 Å². The molecule has 1 fully saturated rings. The van der Waals surface area contributed by atoms with Gasteiger partial charge < -0.3 is 21.1 Å². The lowest BCUT2D eigenvalue weighted by Crippen LogP contribution is -2.40. The number of carbonyl (C=O) groups excluding carboxylic acids is 2. The Labute approximate surface area is 156 Å². The molecule has 0 saturated heterocycles. The first kappa shape index (κ1) is 18.4. The third kappa shape index (κ3) is 4.84. The van der Waals surface area contributed by atoms with E-state index in [4.69, 9.17) is 0 Å². The van der Waals surface area contributed by atoms with Crippen LogP contribution in [-0.4, -0.2) is 29.1 Å². The molecule has 0 spiro atoms. The molecule has 2 aromatic rings. The summed E-state index contributed by atoms with van der Waals surface area (Å²) < 4.78 is 0. The van der Waals surface area contributed by atoms with E-state index in [-0.39, 0.29) is 18.0 Å². The second-order valence-electron chi connectivity index (χ2n) is 6.48. The van der Waals surface area contributed by atoms with E-state index in [1.165, 1.54) is 0 Å². The molecule has 27 heavy (non-hydrogen) atoms. The van der Waals surface area contributed by atoms with Gasteiger partial charge in [0.1, 0.15) is 0 Å². The van der Waals surface area contributed by atoms with Crippen molar-refractivity contribution in [2.24, 2.45) is 5.92 Å². The Bertz CT molecular complexity index is 821. The molecule has 2 aromatic carbocycles. The van der Waals surface area contributed by atoms with Crippen molar-refractivity contribution in [1.82, 2.24) is 5.32 Å².